The molecule has 3 aromatic rings. The van der Waals surface area contributed by atoms with Crippen LogP contribution in [0, 0.1) is 6.92 Å². The Balaban J connectivity index is 1.58. The van der Waals surface area contributed by atoms with E-state index in [4.69, 9.17) is 16.3 Å². The van der Waals surface area contributed by atoms with Gasteiger partial charge in [0, 0.05) is 18.3 Å². The highest BCUT2D eigenvalue weighted by Gasteiger charge is 2.22. The SMILES string of the molecule is COc1cc2c(cc1Nc1ncc(Cl)c(Nc3ccc(OS(=O)(=O)F)cc3C)n1)CN(C)C(C)C2. The van der Waals surface area contributed by atoms with E-state index in [9.17, 15) is 12.3 Å². The first-order valence-corrected chi connectivity index (χ1v) is 12.4. The van der Waals surface area contributed by atoms with E-state index in [1.165, 1.54) is 35.5 Å². The summed E-state index contributed by atoms with van der Waals surface area (Å²) in [6.07, 6.45) is 2.40. The number of methoxy groups -OCH3 is 1. The fourth-order valence-electron chi connectivity index (χ4n) is 3.88. The lowest BCUT2D eigenvalue weighted by Crippen LogP contribution is -2.35. The van der Waals surface area contributed by atoms with Crippen LogP contribution in [0.1, 0.15) is 23.6 Å². The molecule has 35 heavy (non-hydrogen) atoms. The summed E-state index contributed by atoms with van der Waals surface area (Å²) >= 11 is 6.30. The first-order valence-electron chi connectivity index (χ1n) is 10.7. The highest BCUT2D eigenvalue weighted by molar-refractivity contribution is 7.81. The van der Waals surface area contributed by atoms with Gasteiger partial charge in [0.15, 0.2) is 5.82 Å². The van der Waals surface area contributed by atoms with Gasteiger partial charge in [-0.05, 0) is 74.3 Å². The monoisotopic (exact) mass is 521 g/mol. The van der Waals surface area contributed by atoms with Crippen LogP contribution in [-0.2, 0) is 23.5 Å². The molecule has 12 heteroatoms. The number of anilines is 4. The lowest BCUT2D eigenvalue weighted by molar-refractivity contribution is 0.231. The molecule has 0 saturated carbocycles. The number of benzene rings is 2. The van der Waals surface area contributed by atoms with Crippen molar-refractivity contribution in [2.75, 3.05) is 24.8 Å². The van der Waals surface area contributed by atoms with Gasteiger partial charge in [-0.25, -0.2) is 4.98 Å². The molecule has 0 spiro atoms. The minimum atomic E-state index is -5.11. The van der Waals surface area contributed by atoms with Gasteiger partial charge in [-0.2, -0.15) is 13.4 Å². The molecule has 4 rings (SSSR count). The molecule has 0 saturated heterocycles. The summed E-state index contributed by atoms with van der Waals surface area (Å²) in [4.78, 5) is 11.1. The number of likely N-dealkylation sites (N-methyl/N-ethyl adjacent to an activating group) is 1. The lowest BCUT2D eigenvalue weighted by Gasteiger charge is -2.32. The molecule has 1 aliphatic rings. The van der Waals surface area contributed by atoms with E-state index in [0.717, 1.165) is 18.7 Å². The molecule has 1 atom stereocenters. The zero-order chi connectivity index (χ0) is 25.3. The third-order valence-electron chi connectivity index (χ3n) is 5.85. The molecule has 0 aliphatic carbocycles. The quantitative estimate of drug-likeness (QED) is 0.420. The normalized spacial score (nSPS) is 15.9. The Labute approximate surface area is 208 Å². The van der Waals surface area contributed by atoms with Crippen LogP contribution in [0.2, 0.25) is 5.02 Å². The molecule has 1 aliphatic heterocycles. The molecule has 186 valence electrons. The van der Waals surface area contributed by atoms with Gasteiger partial charge < -0.3 is 19.6 Å². The van der Waals surface area contributed by atoms with Crippen LogP contribution in [0.3, 0.4) is 0 Å². The molecule has 0 fully saturated rings. The minimum absolute atomic E-state index is 0.147. The number of ether oxygens (including phenoxy) is 1. The van der Waals surface area contributed by atoms with E-state index in [1.54, 1.807) is 14.0 Å². The van der Waals surface area contributed by atoms with E-state index < -0.39 is 10.5 Å². The molecule has 1 unspecified atom stereocenters. The zero-order valence-electron chi connectivity index (χ0n) is 19.6. The molecule has 0 amide bonds. The van der Waals surface area contributed by atoms with Crippen LogP contribution >= 0.6 is 11.6 Å². The Morgan fingerprint density at radius 3 is 2.63 bits per heavy atom. The zero-order valence-corrected chi connectivity index (χ0v) is 21.2. The third-order valence-corrected chi connectivity index (χ3v) is 6.51. The first kappa shape index (κ1) is 25.0. The molecule has 2 aromatic carbocycles. The third kappa shape index (κ3) is 5.92. The Bertz CT molecular complexity index is 1370. The van der Waals surface area contributed by atoms with Crippen LogP contribution in [0.5, 0.6) is 11.5 Å². The molecular weight excluding hydrogens is 497 g/mol. The van der Waals surface area contributed by atoms with Gasteiger partial charge in [0.05, 0.1) is 19.0 Å². The molecule has 0 radical (unpaired) electrons. The van der Waals surface area contributed by atoms with Crippen molar-refractivity contribution in [1.82, 2.24) is 14.9 Å². The fourth-order valence-corrected chi connectivity index (χ4v) is 4.35. The molecule has 2 heterocycles. The second-order valence-corrected chi connectivity index (χ2v) is 9.74. The average Bonchev–Trinajstić information content (AvgIpc) is 2.77. The predicted molar refractivity (Wildman–Crippen MR) is 133 cm³/mol. The van der Waals surface area contributed by atoms with Crippen molar-refractivity contribution >= 4 is 45.2 Å². The van der Waals surface area contributed by atoms with E-state index >= 15 is 0 Å². The molecule has 9 nitrogen and oxygen atoms in total. The van der Waals surface area contributed by atoms with Crippen molar-refractivity contribution in [2.24, 2.45) is 0 Å². The summed E-state index contributed by atoms with van der Waals surface area (Å²) in [5, 5.41) is 6.57. The van der Waals surface area contributed by atoms with Gasteiger partial charge in [0.1, 0.15) is 16.5 Å². The topological polar surface area (TPSA) is 106 Å². The lowest BCUT2D eigenvalue weighted by atomic mass is 9.94. The van der Waals surface area contributed by atoms with Crippen molar-refractivity contribution in [3.05, 3.63) is 58.2 Å². The van der Waals surface area contributed by atoms with Crippen molar-refractivity contribution in [3.8, 4) is 11.5 Å². The largest absolute Gasteiger partial charge is 0.495 e. The van der Waals surface area contributed by atoms with E-state index in [0.29, 0.717) is 34.8 Å². The first-order chi connectivity index (χ1) is 16.5. The van der Waals surface area contributed by atoms with Crippen molar-refractivity contribution in [3.63, 3.8) is 0 Å². The van der Waals surface area contributed by atoms with E-state index in [2.05, 4.69) is 43.7 Å². The Hall–Kier alpha value is -3.15. The Morgan fingerprint density at radius 1 is 1.17 bits per heavy atom. The maximum atomic E-state index is 12.8. The summed E-state index contributed by atoms with van der Waals surface area (Å²) in [7, 11) is -1.39. The van der Waals surface area contributed by atoms with Crippen molar-refractivity contribution in [2.45, 2.75) is 32.9 Å². The van der Waals surface area contributed by atoms with Crippen LogP contribution in [0.4, 0.5) is 27.0 Å². The second kappa shape index (κ2) is 9.84. The molecular formula is C23H25ClFN5O4S. The summed E-state index contributed by atoms with van der Waals surface area (Å²) in [6, 6.07) is 8.76. The maximum absolute atomic E-state index is 12.8. The number of aryl methyl sites for hydroxylation is 1. The standard InChI is InChI=1S/C23H25ClFN5O4S/c1-13-7-17(34-35(25,31)32)5-6-19(13)27-22-18(24)11-26-23(29-22)28-20-9-16-12-30(3)14(2)8-15(16)10-21(20)33-4/h5-7,9-11,14H,8,12H2,1-4H3,(H2,26,27,28,29). The number of hydrogen-bond donors (Lipinski definition) is 2. The van der Waals surface area contributed by atoms with E-state index in [-0.39, 0.29) is 10.8 Å². The summed E-state index contributed by atoms with van der Waals surface area (Å²) in [5.41, 5.74) is 4.34. The van der Waals surface area contributed by atoms with Gasteiger partial charge in [-0.3, -0.25) is 4.90 Å². The van der Waals surface area contributed by atoms with Gasteiger partial charge in [0.2, 0.25) is 5.95 Å². The van der Waals surface area contributed by atoms with Gasteiger partial charge in [-0.1, -0.05) is 15.5 Å². The van der Waals surface area contributed by atoms with Gasteiger partial charge in [-0.15, -0.1) is 0 Å². The maximum Gasteiger partial charge on any atom is 0.488 e. The molecule has 0 bridgehead atoms. The Morgan fingerprint density at radius 2 is 1.94 bits per heavy atom. The number of aromatic nitrogens is 2. The molecule has 1 aromatic heterocycles. The van der Waals surface area contributed by atoms with Crippen molar-refractivity contribution in [1.29, 1.82) is 0 Å². The summed E-state index contributed by atoms with van der Waals surface area (Å²) < 4.78 is 44.1. The van der Waals surface area contributed by atoms with Crippen LogP contribution in [0.25, 0.3) is 0 Å². The van der Waals surface area contributed by atoms with Gasteiger partial charge in [0.25, 0.3) is 0 Å². The minimum Gasteiger partial charge on any atom is -0.495 e. The number of nitrogens with zero attached hydrogens (tertiary/aromatic N) is 3. The highest BCUT2D eigenvalue weighted by atomic mass is 35.5. The number of rotatable bonds is 7. The fraction of sp³-hybridized carbons (Fsp3) is 0.304. The van der Waals surface area contributed by atoms with Crippen LogP contribution in [-0.4, -0.2) is 43.5 Å². The van der Waals surface area contributed by atoms with Crippen LogP contribution < -0.4 is 19.6 Å². The smallest absolute Gasteiger partial charge is 0.488 e. The average molecular weight is 522 g/mol. The molecule has 2 N–H and O–H groups in total. The number of halogens is 2. The second-order valence-electron chi connectivity index (χ2n) is 8.38. The number of nitrogens with one attached hydrogen (secondary N) is 2. The van der Waals surface area contributed by atoms with Gasteiger partial charge >= 0.3 is 10.5 Å². The van der Waals surface area contributed by atoms with Crippen molar-refractivity contribution < 1.29 is 21.2 Å². The predicted octanol–water partition coefficient (Wildman–Crippen LogP) is 4.90. The summed E-state index contributed by atoms with van der Waals surface area (Å²) in [5.74, 6) is 1.16. The summed E-state index contributed by atoms with van der Waals surface area (Å²) in [6.45, 7) is 4.72. The van der Waals surface area contributed by atoms with E-state index in [1.807, 2.05) is 12.1 Å². The number of hydrogen-bond acceptors (Lipinski definition) is 9. The van der Waals surface area contributed by atoms with Crippen LogP contribution in [0.15, 0.2) is 36.5 Å². The number of fused-ring (bicyclic) bond motifs is 1. The Kier molecular flexibility index (Phi) is 7.02. The highest BCUT2D eigenvalue weighted by Crippen LogP contribution is 2.35.